The van der Waals surface area contributed by atoms with E-state index in [2.05, 4.69) is 5.32 Å². The maximum absolute atomic E-state index is 12.8. The summed E-state index contributed by atoms with van der Waals surface area (Å²) in [5.74, 6) is 0.255. The maximum atomic E-state index is 12.8. The van der Waals surface area contributed by atoms with E-state index in [1.165, 1.54) is 19.3 Å². The number of imide groups is 1. The Kier molecular flexibility index (Phi) is 7.50. The maximum Gasteiger partial charge on any atom is 0.255 e. The average Bonchev–Trinajstić information content (AvgIpc) is 3.01. The number of thioether (sulfide) groups is 1. The molecular formula is C21H28N2O4S. The molecule has 2 aliphatic heterocycles. The molecule has 1 atom stereocenters. The molecule has 1 saturated heterocycles. The van der Waals surface area contributed by atoms with Crippen molar-refractivity contribution >= 4 is 29.5 Å². The van der Waals surface area contributed by atoms with Crippen molar-refractivity contribution in [1.29, 1.82) is 0 Å². The lowest BCUT2D eigenvalue weighted by Gasteiger charge is -2.29. The number of aliphatic hydroxyl groups excluding tert-OH is 1. The lowest BCUT2D eigenvalue weighted by atomic mass is 10.0. The Morgan fingerprint density at radius 2 is 1.82 bits per heavy atom. The summed E-state index contributed by atoms with van der Waals surface area (Å²) in [4.78, 5) is 39.1. The Bertz CT molecular complexity index is 737. The first-order chi connectivity index (χ1) is 13.6. The quantitative estimate of drug-likeness (QED) is 0.356. The van der Waals surface area contributed by atoms with Crippen molar-refractivity contribution in [1.82, 2.24) is 10.2 Å². The molecule has 1 aromatic rings. The van der Waals surface area contributed by atoms with Gasteiger partial charge in [-0.05, 0) is 42.7 Å². The molecule has 28 heavy (non-hydrogen) atoms. The number of benzene rings is 1. The number of unbranched alkanes of at least 4 members (excludes halogenated alkanes) is 5. The average molecular weight is 405 g/mol. The van der Waals surface area contributed by atoms with Gasteiger partial charge in [-0.3, -0.25) is 19.7 Å². The van der Waals surface area contributed by atoms with Crippen LogP contribution >= 0.6 is 11.8 Å². The van der Waals surface area contributed by atoms with E-state index in [0.717, 1.165) is 35.5 Å². The summed E-state index contributed by atoms with van der Waals surface area (Å²) in [7, 11) is 0. The number of aliphatic hydroxyl groups is 1. The van der Waals surface area contributed by atoms with Gasteiger partial charge in [-0.25, -0.2) is 0 Å². The smallest absolute Gasteiger partial charge is 0.255 e. The van der Waals surface area contributed by atoms with Crippen molar-refractivity contribution in [3.05, 3.63) is 29.3 Å². The first-order valence-corrected chi connectivity index (χ1v) is 11.1. The van der Waals surface area contributed by atoms with E-state index in [4.69, 9.17) is 5.11 Å². The Morgan fingerprint density at radius 3 is 2.57 bits per heavy atom. The summed E-state index contributed by atoms with van der Waals surface area (Å²) in [5, 5.41) is 11.1. The molecule has 2 aliphatic rings. The van der Waals surface area contributed by atoms with Crippen LogP contribution in [0, 0.1) is 0 Å². The van der Waals surface area contributed by atoms with Gasteiger partial charge in [0.1, 0.15) is 6.04 Å². The van der Waals surface area contributed by atoms with Crippen LogP contribution < -0.4 is 5.32 Å². The highest BCUT2D eigenvalue weighted by Gasteiger charge is 2.39. The fourth-order valence-electron chi connectivity index (χ4n) is 3.80. The number of nitrogens with one attached hydrogen (secondary N) is 1. The van der Waals surface area contributed by atoms with Gasteiger partial charge in [-0.2, -0.15) is 0 Å². The van der Waals surface area contributed by atoms with Gasteiger partial charge in [0, 0.05) is 30.0 Å². The van der Waals surface area contributed by atoms with E-state index in [9.17, 15) is 14.4 Å². The third-order valence-electron chi connectivity index (χ3n) is 5.35. The number of amides is 3. The third-order valence-corrected chi connectivity index (χ3v) is 6.54. The second-order valence-corrected chi connectivity index (χ2v) is 8.51. The van der Waals surface area contributed by atoms with E-state index >= 15 is 0 Å². The molecule has 7 heteroatoms. The van der Waals surface area contributed by atoms with Crippen LogP contribution in [0.1, 0.15) is 67.3 Å². The van der Waals surface area contributed by atoms with Gasteiger partial charge < -0.3 is 10.0 Å². The van der Waals surface area contributed by atoms with E-state index < -0.39 is 6.04 Å². The van der Waals surface area contributed by atoms with Gasteiger partial charge in [0.15, 0.2) is 0 Å². The highest BCUT2D eigenvalue weighted by Crippen LogP contribution is 2.34. The minimum Gasteiger partial charge on any atom is -0.396 e. The molecule has 2 N–H and O–H groups in total. The Labute approximate surface area is 170 Å². The van der Waals surface area contributed by atoms with Crippen molar-refractivity contribution in [2.75, 3.05) is 12.4 Å². The molecule has 1 fully saturated rings. The molecule has 1 unspecified atom stereocenters. The Hall–Kier alpha value is -1.86. The van der Waals surface area contributed by atoms with Crippen LogP contribution in [0.15, 0.2) is 23.1 Å². The highest BCUT2D eigenvalue weighted by atomic mass is 32.2. The number of carbonyl (C=O) groups is 3. The van der Waals surface area contributed by atoms with Crippen LogP contribution in [0.25, 0.3) is 0 Å². The largest absolute Gasteiger partial charge is 0.396 e. The van der Waals surface area contributed by atoms with Crippen LogP contribution in [-0.4, -0.2) is 46.1 Å². The number of hydrogen-bond donors (Lipinski definition) is 2. The van der Waals surface area contributed by atoms with Gasteiger partial charge in [-0.15, -0.1) is 11.8 Å². The molecule has 0 spiro atoms. The summed E-state index contributed by atoms with van der Waals surface area (Å²) in [6.45, 7) is 0.717. The molecular weight excluding hydrogens is 376 g/mol. The van der Waals surface area contributed by atoms with E-state index in [1.807, 2.05) is 18.2 Å². The standard InChI is InChI=1S/C21H28N2O4S/c24-12-5-3-1-2-4-6-13-28-18-9-7-8-15-16(18)14-23(21(15)27)17-10-11-19(25)22-20(17)26/h7-9,17,24H,1-6,10-14H2,(H,22,25,26). The van der Waals surface area contributed by atoms with Gasteiger partial charge >= 0.3 is 0 Å². The molecule has 0 aliphatic carbocycles. The molecule has 2 heterocycles. The minimum atomic E-state index is -0.561. The fraction of sp³-hybridized carbons (Fsp3) is 0.571. The van der Waals surface area contributed by atoms with Crippen molar-refractivity contribution < 1.29 is 19.5 Å². The monoisotopic (exact) mass is 404 g/mol. The van der Waals surface area contributed by atoms with E-state index in [0.29, 0.717) is 18.5 Å². The number of piperidine rings is 1. The first-order valence-electron chi connectivity index (χ1n) is 10.1. The zero-order chi connectivity index (χ0) is 19.9. The molecule has 0 bridgehead atoms. The molecule has 3 amide bonds. The Balaban J connectivity index is 1.54. The second-order valence-electron chi connectivity index (χ2n) is 7.38. The zero-order valence-corrected chi connectivity index (χ0v) is 16.9. The molecule has 152 valence electrons. The predicted octanol–water partition coefficient (Wildman–Crippen LogP) is 2.87. The summed E-state index contributed by atoms with van der Waals surface area (Å²) in [6, 6.07) is 5.22. The SMILES string of the molecule is O=C1CCC(N2Cc3c(SCCCCCCCCO)cccc3C2=O)C(=O)N1. The molecule has 6 nitrogen and oxygen atoms in total. The summed E-state index contributed by atoms with van der Waals surface area (Å²) < 4.78 is 0. The van der Waals surface area contributed by atoms with Crippen LogP contribution in [0.4, 0.5) is 0 Å². The second kappa shape index (κ2) is 10.1. The number of carbonyl (C=O) groups excluding carboxylic acids is 3. The summed E-state index contributed by atoms with van der Waals surface area (Å²) in [6.07, 6.45) is 7.31. The third kappa shape index (κ3) is 4.94. The Morgan fingerprint density at radius 1 is 1.07 bits per heavy atom. The molecule has 3 rings (SSSR count). The van der Waals surface area contributed by atoms with Crippen molar-refractivity contribution in [2.45, 2.75) is 68.8 Å². The van der Waals surface area contributed by atoms with Crippen LogP contribution in [0.2, 0.25) is 0 Å². The van der Waals surface area contributed by atoms with Gasteiger partial charge in [0.25, 0.3) is 5.91 Å². The van der Waals surface area contributed by atoms with Gasteiger partial charge in [0.05, 0.1) is 0 Å². The number of hydrogen-bond acceptors (Lipinski definition) is 5. The van der Waals surface area contributed by atoms with Crippen molar-refractivity contribution in [2.24, 2.45) is 0 Å². The van der Waals surface area contributed by atoms with Crippen molar-refractivity contribution in [3.8, 4) is 0 Å². The van der Waals surface area contributed by atoms with E-state index in [-0.39, 0.29) is 30.7 Å². The zero-order valence-electron chi connectivity index (χ0n) is 16.1. The van der Waals surface area contributed by atoms with Gasteiger partial charge in [0.2, 0.25) is 11.8 Å². The summed E-state index contributed by atoms with van der Waals surface area (Å²) >= 11 is 1.77. The van der Waals surface area contributed by atoms with Crippen molar-refractivity contribution in [3.63, 3.8) is 0 Å². The van der Waals surface area contributed by atoms with Crippen LogP contribution in [0.5, 0.6) is 0 Å². The number of rotatable bonds is 10. The van der Waals surface area contributed by atoms with Crippen LogP contribution in [0.3, 0.4) is 0 Å². The lowest BCUT2D eigenvalue weighted by molar-refractivity contribution is -0.136. The summed E-state index contributed by atoms with van der Waals surface area (Å²) in [5.41, 5.74) is 1.68. The lowest BCUT2D eigenvalue weighted by Crippen LogP contribution is -2.52. The highest BCUT2D eigenvalue weighted by molar-refractivity contribution is 7.99. The number of fused-ring (bicyclic) bond motifs is 1. The predicted molar refractivity (Wildman–Crippen MR) is 108 cm³/mol. The van der Waals surface area contributed by atoms with Gasteiger partial charge in [-0.1, -0.05) is 31.7 Å². The molecule has 1 aromatic carbocycles. The molecule has 0 radical (unpaired) electrons. The van der Waals surface area contributed by atoms with Crippen LogP contribution in [-0.2, 0) is 16.1 Å². The van der Waals surface area contributed by atoms with E-state index in [1.54, 1.807) is 16.7 Å². The normalized spacial score (nSPS) is 19.1. The number of nitrogens with zero attached hydrogens (tertiary/aromatic N) is 1. The minimum absolute atomic E-state index is 0.115. The molecule has 0 saturated carbocycles. The first kappa shape index (κ1) is 20.9. The fourth-order valence-corrected chi connectivity index (χ4v) is 4.89. The molecule has 0 aromatic heterocycles. The topological polar surface area (TPSA) is 86.7 Å².